The molecule has 1 aromatic rings. The van der Waals surface area contributed by atoms with Crippen LogP contribution in [0.5, 0.6) is 0 Å². The molecule has 3 rings (SSSR count). The second-order valence-electron chi connectivity index (χ2n) is 4.96. The summed E-state index contributed by atoms with van der Waals surface area (Å²) < 4.78 is 13.6. The van der Waals surface area contributed by atoms with Gasteiger partial charge in [0.1, 0.15) is 5.82 Å². The molecule has 0 aromatic heterocycles. The van der Waals surface area contributed by atoms with E-state index in [1.165, 1.54) is 6.07 Å². The van der Waals surface area contributed by atoms with Crippen molar-refractivity contribution < 1.29 is 9.18 Å². The van der Waals surface area contributed by atoms with Gasteiger partial charge < -0.3 is 10.6 Å². The van der Waals surface area contributed by atoms with Crippen LogP contribution in [0.15, 0.2) is 18.2 Å². The Labute approximate surface area is 99.4 Å². The first-order chi connectivity index (χ1) is 8.21. The molecular weight excluding hydrogens is 219 g/mol. The lowest BCUT2D eigenvalue weighted by Crippen LogP contribution is -2.37. The Morgan fingerprint density at radius 2 is 2.00 bits per heavy atom. The van der Waals surface area contributed by atoms with Crippen molar-refractivity contribution in [1.82, 2.24) is 0 Å². The first-order valence-electron chi connectivity index (χ1n) is 6.05. The number of carbonyl (C=O) groups excluding carboxylic acids is 1. The number of anilines is 2. The predicted molar refractivity (Wildman–Crippen MR) is 64.4 cm³/mol. The van der Waals surface area contributed by atoms with E-state index < -0.39 is 0 Å². The van der Waals surface area contributed by atoms with Crippen molar-refractivity contribution in [1.29, 1.82) is 0 Å². The van der Waals surface area contributed by atoms with Crippen LogP contribution in [0, 0.1) is 11.2 Å². The zero-order valence-corrected chi connectivity index (χ0v) is 9.55. The second-order valence-corrected chi connectivity index (χ2v) is 4.96. The van der Waals surface area contributed by atoms with Gasteiger partial charge in [0.15, 0.2) is 0 Å². The lowest BCUT2D eigenvalue weighted by Gasteiger charge is -2.24. The number of amides is 1. The van der Waals surface area contributed by atoms with Crippen LogP contribution in [-0.4, -0.2) is 12.5 Å². The van der Waals surface area contributed by atoms with Crippen LogP contribution >= 0.6 is 0 Å². The maximum atomic E-state index is 13.6. The molecule has 1 amide bonds. The molecule has 4 heteroatoms. The maximum Gasteiger partial charge on any atom is 0.232 e. The van der Waals surface area contributed by atoms with Crippen molar-refractivity contribution in [2.24, 2.45) is 5.41 Å². The molecule has 1 aliphatic carbocycles. The van der Waals surface area contributed by atoms with E-state index in [9.17, 15) is 9.18 Å². The number of hydrogen-bond acceptors (Lipinski definition) is 2. The third kappa shape index (κ3) is 1.59. The molecule has 2 aliphatic rings. The van der Waals surface area contributed by atoms with E-state index in [4.69, 9.17) is 0 Å². The third-order valence-electron chi connectivity index (χ3n) is 3.91. The van der Waals surface area contributed by atoms with Crippen LogP contribution in [-0.2, 0) is 4.79 Å². The minimum Gasteiger partial charge on any atom is -0.380 e. The Hall–Kier alpha value is -1.58. The van der Waals surface area contributed by atoms with Gasteiger partial charge in [-0.2, -0.15) is 0 Å². The van der Waals surface area contributed by atoms with Crippen molar-refractivity contribution in [2.75, 3.05) is 17.2 Å². The van der Waals surface area contributed by atoms with Gasteiger partial charge in [0.25, 0.3) is 0 Å². The number of hydrogen-bond donors (Lipinski definition) is 2. The molecule has 0 bridgehead atoms. The summed E-state index contributed by atoms with van der Waals surface area (Å²) in [5.41, 5.74) is 0.634. The average Bonchev–Trinajstić information content (AvgIpc) is 2.72. The topological polar surface area (TPSA) is 41.1 Å². The molecule has 1 fully saturated rings. The van der Waals surface area contributed by atoms with Gasteiger partial charge in [0, 0.05) is 6.54 Å². The van der Waals surface area contributed by atoms with Gasteiger partial charge in [0.2, 0.25) is 5.91 Å². The van der Waals surface area contributed by atoms with E-state index in [2.05, 4.69) is 10.6 Å². The minimum absolute atomic E-state index is 0.0341. The normalized spacial score (nSPS) is 21.6. The highest BCUT2D eigenvalue weighted by molar-refractivity contribution is 6.00. The molecule has 0 unspecified atom stereocenters. The van der Waals surface area contributed by atoms with E-state index in [-0.39, 0.29) is 17.1 Å². The van der Waals surface area contributed by atoms with E-state index in [0.717, 1.165) is 25.7 Å². The Bertz CT molecular complexity index is 466. The van der Waals surface area contributed by atoms with Gasteiger partial charge in [-0.15, -0.1) is 0 Å². The maximum absolute atomic E-state index is 13.6. The molecular formula is C13H15FN2O. The highest BCUT2D eigenvalue weighted by Crippen LogP contribution is 2.42. The third-order valence-corrected chi connectivity index (χ3v) is 3.91. The number of carbonyl (C=O) groups is 1. The van der Waals surface area contributed by atoms with E-state index >= 15 is 0 Å². The smallest absolute Gasteiger partial charge is 0.232 e. The molecule has 2 N–H and O–H groups in total. The zero-order chi connectivity index (χ0) is 11.9. The molecule has 0 saturated heterocycles. The van der Waals surface area contributed by atoms with Crippen molar-refractivity contribution in [3.63, 3.8) is 0 Å². The fourth-order valence-corrected chi connectivity index (χ4v) is 2.86. The van der Waals surface area contributed by atoms with E-state index in [0.29, 0.717) is 17.9 Å². The summed E-state index contributed by atoms with van der Waals surface area (Å²) in [5, 5.41) is 5.95. The van der Waals surface area contributed by atoms with Gasteiger partial charge in [-0.3, -0.25) is 4.79 Å². The van der Waals surface area contributed by atoms with Gasteiger partial charge >= 0.3 is 0 Å². The summed E-state index contributed by atoms with van der Waals surface area (Å²) in [6, 6.07) is 4.75. The Balaban J connectivity index is 1.99. The second kappa shape index (κ2) is 3.72. The van der Waals surface area contributed by atoms with Crippen LogP contribution in [0.1, 0.15) is 25.7 Å². The van der Waals surface area contributed by atoms with Crippen LogP contribution in [0.4, 0.5) is 15.8 Å². The molecule has 0 radical (unpaired) electrons. The minimum atomic E-state index is -0.342. The van der Waals surface area contributed by atoms with Gasteiger partial charge in [-0.1, -0.05) is 18.9 Å². The monoisotopic (exact) mass is 234 g/mol. The number of para-hydroxylation sites is 1. The number of benzene rings is 1. The molecule has 3 nitrogen and oxygen atoms in total. The zero-order valence-electron chi connectivity index (χ0n) is 9.55. The average molecular weight is 234 g/mol. The first kappa shape index (κ1) is 10.6. The molecule has 0 atom stereocenters. The summed E-state index contributed by atoms with van der Waals surface area (Å²) in [6.45, 7) is 0.534. The molecule has 1 aromatic carbocycles. The fraction of sp³-hybridized carbons (Fsp3) is 0.462. The van der Waals surface area contributed by atoms with Crippen molar-refractivity contribution in [3.8, 4) is 0 Å². The summed E-state index contributed by atoms with van der Waals surface area (Å²) >= 11 is 0. The molecule has 1 heterocycles. The fourth-order valence-electron chi connectivity index (χ4n) is 2.86. The number of halogens is 1. The standard InChI is InChI=1S/C13H15FN2O/c14-9-4-3-5-10-11(9)15-8-13(12(17)16-10)6-1-2-7-13/h3-5,15H,1-2,6-8H2,(H,16,17). The summed E-state index contributed by atoms with van der Waals surface area (Å²) in [7, 11) is 0. The highest BCUT2D eigenvalue weighted by Gasteiger charge is 2.42. The SMILES string of the molecule is O=C1Nc2cccc(F)c2NCC12CCCC2. The largest absolute Gasteiger partial charge is 0.380 e. The molecule has 17 heavy (non-hydrogen) atoms. The Kier molecular flexibility index (Phi) is 2.31. The van der Waals surface area contributed by atoms with Gasteiger partial charge in [-0.25, -0.2) is 4.39 Å². The Morgan fingerprint density at radius 1 is 1.24 bits per heavy atom. The highest BCUT2D eigenvalue weighted by atomic mass is 19.1. The van der Waals surface area contributed by atoms with Crippen LogP contribution in [0.3, 0.4) is 0 Å². The number of rotatable bonds is 0. The van der Waals surface area contributed by atoms with E-state index in [1.807, 2.05) is 0 Å². The van der Waals surface area contributed by atoms with Crippen LogP contribution in [0.2, 0.25) is 0 Å². The lowest BCUT2D eigenvalue weighted by atomic mass is 9.85. The van der Waals surface area contributed by atoms with E-state index in [1.54, 1.807) is 12.1 Å². The summed E-state index contributed by atoms with van der Waals surface area (Å²) in [4.78, 5) is 12.2. The summed E-state index contributed by atoms with van der Waals surface area (Å²) in [6.07, 6.45) is 3.94. The Morgan fingerprint density at radius 3 is 2.76 bits per heavy atom. The number of nitrogens with one attached hydrogen (secondary N) is 2. The molecule has 1 saturated carbocycles. The van der Waals surface area contributed by atoms with Crippen molar-refractivity contribution >= 4 is 17.3 Å². The van der Waals surface area contributed by atoms with Gasteiger partial charge in [0.05, 0.1) is 16.8 Å². The lowest BCUT2D eigenvalue weighted by molar-refractivity contribution is -0.124. The summed E-state index contributed by atoms with van der Waals surface area (Å²) in [5.74, 6) is -0.273. The predicted octanol–water partition coefficient (Wildman–Crippen LogP) is 2.75. The number of fused-ring (bicyclic) bond motifs is 1. The molecule has 90 valence electrons. The van der Waals surface area contributed by atoms with Gasteiger partial charge in [-0.05, 0) is 25.0 Å². The molecule has 1 spiro atoms. The quantitative estimate of drug-likeness (QED) is 0.724. The van der Waals surface area contributed by atoms with Crippen LogP contribution in [0.25, 0.3) is 0 Å². The van der Waals surface area contributed by atoms with Crippen molar-refractivity contribution in [2.45, 2.75) is 25.7 Å². The molecule has 1 aliphatic heterocycles. The van der Waals surface area contributed by atoms with Crippen molar-refractivity contribution in [3.05, 3.63) is 24.0 Å². The van der Waals surface area contributed by atoms with Crippen LogP contribution < -0.4 is 10.6 Å². The first-order valence-corrected chi connectivity index (χ1v) is 6.05.